The lowest BCUT2D eigenvalue weighted by atomic mass is 10.3. The minimum Gasteiger partial charge on any atom is -0.480 e. The maximum Gasteiger partial charge on any atom is 0.325 e. The van der Waals surface area contributed by atoms with Gasteiger partial charge >= 0.3 is 13.5 Å². The minimum absolute atomic E-state index is 0.405. The number of carboxylic acid groups (broad SMARTS) is 1. The zero-order valence-corrected chi connectivity index (χ0v) is 10.8. The summed E-state index contributed by atoms with van der Waals surface area (Å²) in [5, 5.41) is 11.3. The van der Waals surface area contributed by atoms with E-state index in [1.807, 2.05) is 0 Å². The van der Waals surface area contributed by atoms with Gasteiger partial charge < -0.3 is 9.63 Å². The SMILES string of the molecule is C=C=CC(NP(C)(=O)Oc1ccccc1)C(=O)O. The highest BCUT2D eigenvalue weighted by Gasteiger charge is 2.25. The molecule has 5 nitrogen and oxygen atoms in total. The van der Waals surface area contributed by atoms with Crippen molar-refractivity contribution >= 4 is 13.5 Å². The highest BCUT2D eigenvalue weighted by atomic mass is 31.2. The molecule has 1 aromatic rings. The zero-order chi connectivity index (χ0) is 13.6. The lowest BCUT2D eigenvalue weighted by Gasteiger charge is -2.18. The van der Waals surface area contributed by atoms with Crippen molar-refractivity contribution in [2.75, 3.05) is 6.66 Å². The van der Waals surface area contributed by atoms with Gasteiger partial charge in [-0.05, 0) is 18.2 Å². The van der Waals surface area contributed by atoms with Crippen LogP contribution >= 0.6 is 7.52 Å². The fourth-order valence-corrected chi connectivity index (χ4v) is 2.51. The van der Waals surface area contributed by atoms with Crippen molar-refractivity contribution in [2.24, 2.45) is 0 Å². The van der Waals surface area contributed by atoms with Crippen LogP contribution < -0.4 is 9.61 Å². The van der Waals surface area contributed by atoms with E-state index in [-0.39, 0.29) is 0 Å². The van der Waals surface area contributed by atoms with Gasteiger partial charge in [-0.1, -0.05) is 24.8 Å². The quantitative estimate of drug-likeness (QED) is 0.611. The first-order valence-electron chi connectivity index (χ1n) is 5.13. The van der Waals surface area contributed by atoms with Gasteiger partial charge in [-0.25, -0.2) is 5.09 Å². The third-order valence-corrected chi connectivity index (χ3v) is 3.25. The van der Waals surface area contributed by atoms with Crippen LogP contribution in [0.1, 0.15) is 0 Å². The van der Waals surface area contributed by atoms with Gasteiger partial charge in [0.05, 0.1) is 0 Å². The number of hydrogen-bond donors (Lipinski definition) is 2. The van der Waals surface area contributed by atoms with E-state index in [1.165, 1.54) is 12.7 Å². The molecule has 6 heteroatoms. The first kappa shape index (κ1) is 14.3. The molecule has 2 unspecified atom stereocenters. The molecule has 0 amide bonds. The lowest BCUT2D eigenvalue weighted by molar-refractivity contribution is -0.137. The largest absolute Gasteiger partial charge is 0.480 e. The topological polar surface area (TPSA) is 75.6 Å². The van der Waals surface area contributed by atoms with Gasteiger partial charge in [-0.2, -0.15) is 0 Å². The molecule has 18 heavy (non-hydrogen) atoms. The Bertz CT molecular complexity index is 506. The molecule has 0 saturated heterocycles. The maximum absolute atomic E-state index is 12.1. The molecule has 0 aliphatic rings. The van der Waals surface area contributed by atoms with Crippen LogP contribution in [-0.2, 0) is 9.36 Å². The Hall–Kier alpha value is -1.80. The second-order valence-corrected chi connectivity index (χ2v) is 5.70. The normalized spacial score (nSPS) is 14.9. The van der Waals surface area contributed by atoms with Gasteiger partial charge in [-0.3, -0.25) is 9.36 Å². The molecule has 0 saturated carbocycles. The van der Waals surface area contributed by atoms with Crippen LogP contribution in [0.15, 0.2) is 48.7 Å². The zero-order valence-electron chi connectivity index (χ0n) is 9.87. The maximum atomic E-state index is 12.1. The standard InChI is InChI=1S/C12H14NO4P/c1-3-7-11(12(14)15)13-18(2,16)17-10-8-5-4-6-9-10/h4-9,11H,1H2,2H3,(H,13,16)(H,14,15). The highest BCUT2D eigenvalue weighted by Crippen LogP contribution is 2.39. The summed E-state index contributed by atoms with van der Waals surface area (Å²) in [4.78, 5) is 10.9. The molecule has 1 rings (SSSR count). The van der Waals surface area contributed by atoms with Gasteiger partial charge in [0.15, 0.2) is 0 Å². The first-order valence-corrected chi connectivity index (χ1v) is 7.20. The molecule has 0 heterocycles. The van der Waals surface area contributed by atoms with Gasteiger partial charge in [-0.15, -0.1) is 5.73 Å². The van der Waals surface area contributed by atoms with E-state index >= 15 is 0 Å². The lowest BCUT2D eigenvalue weighted by Crippen LogP contribution is -2.33. The predicted octanol–water partition coefficient (Wildman–Crippen LogP) is 2.27. The van der Waals surface area contributed by atoms with Crippen LogP contribution in [0.5, 0.6) is 5.75 Å². The number of hydrogen-bond acceptors (Lipinski definition) is 3. The Morgan fingerprint density at radius 3 is 2.67 bits per heavy atom. The van der Waals surface area contributed by atoms with Crippen molar-refractivity contribution in [3.8, 4) is 5.75 Å². The second-order valence-electron chi connectivity index (χ2n) is 3.57. The summed E-state index contributed by atoms with van der Waals surface area (Å²) in [6.45, 7) is 4.59. The average Bonchev–Trinajstić information content (AvgIpc) is 2.28. The molecule has 0 aromatic heterocycles. The molecule has 0 aliphatic heterocycles. The van der Waals surface area contributed by atoms with E-state index in [0.29, 0.717) is 5.75 Å². The minimum atomic E-state index is -3.28. The number of carbonyl (C=O) groups is 1. The summed E-state index contributed by atoms with van der Waals surface area (Å²) in [7, 11) is -3.28. The van der Waals surface area contributed by atoms with Crippen molar-refractivity contribution in [3.05, 3.63) is 48.7 Å². The molecule has 0 radical (unpaired) electrons. The number of benzene rings is 1. The number of nitrogens with one attached hydrogen (secondary N) is 1. The van der Waals surface area contributed by atoms with Crippen molar-refractivity contribution in [1.29, 1.82) is 0 Å². The van der Waals surface area contributed by atoms with Crippen LogP contribution in [0.2, 0.25) is 0 Å². The summed E-state index contributed by atoms with van der Waals surface area (Å²) in [6, 6.07) is 7.37. The van der Waals surface area contributed by atoms with Crippen LogP contribution in [0.4, 0.5) is 0 Å². The number of aliphatic carboxylic acids is 1. The fraction of sp³-hybridized carbons (Fsp3) is 0.167. The van der Waals surface area contributed by atoms with Crippen molar-refractivity contribution in [1.82, 2.24) is 5.09 Å². The molecule has 0 bridgehead atoms. The molecule has 2 atom stereocenters. The molecular formula is C12H14NO4P. The summed E-state index contributed by atoms with van der Waals surface area (Å²) in [6.07, 6.45) is 1.17. The first-order chi connectivity index (χ1) is 8.44. The number of carboxylic acids is 1. The third kappa shape index (κ3) is 4.60. The summed E-state index contributed by atoms with van der Waals surface area (Å²) < 4.78 is 17.3. The molecule has 0 spiro atoms. The smallest absolute Gasteiger partial charge is 0.325 e. The Morgan fingerprint density at radius 2 is 2.17 bits per heavy atom. The average molecular weight is 267 g/mol. The van der Waals surface area contributed by atoms with Crippen molar-refractivity contribution in [3.63, 3.8) is 0 Å². The van der Waals surface area contributed by atoms with Crippen LogP contribution in [0.3, 0.4) is 0 Å². The molecule has 0 fully saturated rings. The van der Waals surface area contributed by atoms with Gasteiger partial charge in [0.1, 0.15) is 11.8 Å². The van der Waals surface area contributed by atoms with Crippen LogP contribution in [-0.4, -0.2) is 23.8 Å². The van der Waals surface area contributed by atoms with Crippen LogP contribution in [0, 0.1) is 0 Å². The fourth-order valence-electron chi connectivity index (χ4n) is 1.24. The Kier molecular flexibility index (Phi) is 4.93. The van der Waals surface area contributed by atoms with E-state index in [4.69, 9.17) is 9.63 Å². The second kappa shape index (κ2) is 6.22. The van der Waals surface area contributed by atoms with Crippen molar-refractivity contribution in [2.45, 2.75) is 6.04 Å². The Morgan fingerprint density at radius 1 is 1.56 bits per heavy atom. The predicted molar refractivity (Wildman–Crippen MR) is 68.9 cm³/mol. The van der Waals surface area contributed by atoms with E-state index in [9.17, 15) is 9.36 Å². The van der Waals surface area contributed by atoms with E-state index < -0.39 is 19.5 Å². The monoisotopic (exact) mass is 267 g/mol. The molecule has 96 valence electrons. The summed E-state index contributed by atoms with van der Waals surface area (Å²) in [5.74, 6) is -0.771. The molecule has 0 aliphatic carbocycles. The third-order valence-electron chi connectivity index (χ3n) is 1.95. The van der Waals surface area contributed by atoms with E-state index in [0.717, 1.165) is 0 Å². The van der Waals surface area contributed by atoms with Crippen molar-refractivity contribution < 1.29 is 19.0 Å². The molecule has 2 N–H and O–H groups in total. The van der Waals surface area contributed by atoms with E-state index in [2.05, 4.69) is 17.4 Å². The molecule has 1 aromatic carbocycles. The Labute approximate surface area is 105 Å². The summed E-state index contributed by atoms with van der Waals surface area (Å²) >= 11 is 0. The Balaban J connectivity index is 2.78. The van der Waals surface area contributed by atoms with Gasteiger partial charge in [0.2, 0.25) is 0 Å². The highest BCUT2D eigenvalue weighted by molar-refractivity contribution is 7.56. The van der Waals surface area contributed by atoms with Crippen LogP contribution in [0.25, 0.3) is 0 Å². The van der Waals surface area contributed by atoms with Gasteiger partial charge in [0.25, 0.3) is 0 Å². The number of rotatable bonds is 6. The molecular weight excluding hydrogens is 253 g/mol. The van der Waals surface area contributed by atoms with Gasteiger partial charge in [0, 0.05) is 6.66 Å². The van der Waals surface area contributed by atoms with E-state index in [1.54, 1.807) is 30.3 Å². The summed E-state index contributed by atoms with van der Waals surface area (Å²) in [5.41, 5.74) is 2.34. The number of para-hydroxylation sites is 1.